The number of fused-ring (bicyclic) bond motifs is 1. The van der Waals surface area contributed by atoms with E-state index in [2.05, 4.69) is 24.4 Å². The molecule has 0 aromatic heterocycles. The maximum absolute atomic E-state index is 5.76. The van der Waals surface area contributed by atoms with Crippen molar-refractivity contribution in [2.45, 2.75) is 32.2 Å². The smallest absolute Gasteiger partial charge is 0.127 e. The molecule has 0 aliphatic carbocycles. The molecule has 1 fully saturated rings. The van der Waals surface area contributed by atoms with Crippen LogP contribution in [-0.2, 0) is 6.42 Å². The van der Waals surface area contributed by atoms with Crippen LogP contribution in [0.1, 0.15) is 35.6 Å². The van der Waals surface area contributed by atoms with E-state index in [0.717, 1.165) is 19.6 Å². The minimum atomic E-state index is 0.525. The summed E-state index contributed by atoms with van der Waals surface area (Å²) in [7, 11) is 0. The number of hydrogen-bond donors (Lipinski definition) is 1. The first-order valence-electron chi connectivity index (χ1n) is 5.84. The van der Waals surface area contributed by atoms with Crippen LogP contribution in [0.25, 0.3) is 0 Å². The molecule has 1 aromatic rings. The fraction of sp³-hybridized carbons (Fsp3) is 0.538. The molecular formula is C13H17NO. The Kier molecular flexibility index (Phi) is 2.17. The van der Waals surface area contributed by atoms with Gasteiger partial charge in [0.2, 0.25) is 0 Å². The molecule has 3 rings (SSSR count). The average molecular weight is 203 g/mol. The first kappa shape index (κ1) is 9.22. The molecule has 0 bridgehead atoms. The highest BCUT2D eigenvalue weighted by atomic mass is 16.5. The maximum Gasteiger partial charge on any atom is 0.127 e. The summed E-state index contributed by atoms with van der Waals surface area (Å²) in [5.74, 6) is 1.17. The fourth-order valence-electron chi connectivity index (χ4n) is 2.71. The Bertz CT molecular complexity index is 380. The van der Waals surface area contributed by atoms with Gasteiger partial charge in [0.05, 0.1) is 6.61 Å². The van der Waals surface area contributed by atoms with Crippen LogP contribution in [0.15, 0.2) is 12.1 Å². The number of rotatable bonds is 1. The molecule has 0 unspecified atom stereocenters. The van der Waals surface area contributed by atoms with Crippen LogP contribution in [0, 0.1) is 6.92 Å². The van der Waals surface area contributed by atoms with Gasteiger partial charge in [0.15, 0.2) is 0 Å². The lowest BCUT2D eigenvalue weighted by atomic mass is 9.98. The highest BCUT2D eigenvalue weighted by Crippen LogP contribution is 2.37. The Morgan fingerprint density at radius 3 is 3.13 bits per heavy atom. The zero-order valence-electron chi connectivity index (χ0n) is 9.18. The zero-order valence-corrected chi connectivity index (χ0v) is 9.18. The summed E-state index contributed by atoms with van der Waals surface area (Å²) in [5.41, 5.74) is 4.15. The molecule has 2 aliphatic heterocycles. The largest absolute Gasteiger partial charge is 0.493 e. The summed E-state index contributed by atoms with van der Waals surface area (Å²) < 4.78 is 5.76. The van der Waals surface area contributed by atoms with E-state index in [4.69, 9.17) is 4.74 Å². The molecule has 2 nitrogen and oxygen atoms in total. The molecule has 0 amide bonds. The molecule has 2 heteroatoms. The van der Waals surface area contributed by atoms with Gasteiger partial charge in [-0.1, -0.05) is 17.7 Å². The van der Waals surface area contributed by atoms with E-state index in [1.54, 1.807) is 0 Å². The van der Waals surface area contributed by atoms with Crippen molar-refractivity contribution in [1.82, 2.24) is 5.32 Å². The van der Waals surface area contributed by atoms with Crippen LogP contribution in [0.5, 0.6) is 5.75 Å². The lowest BCUT2D eigenvalue weighted by Crippen LogP contribution is -2.13. The van der Waals surface area contributed by atoms with Gasteiger partial charge in [-0.3, -0.25) is 0 Å². The molecule has 2 aliphatic rings. The number of hydrogen-bond acceptors (Lipinski definition) is 2. The molecule has 0 saturated carbocycles. The van der Waals surface area contributed by atoms with Crippen molar-refractivity contribution in [3.05, 3.63) is 28.8 Å². The van der Waals surface area contributed by atoms with Crippen LogP contribution in [0.2, 0.25) is 0 Å². The summed E-state index contributed by atoms with van der Waals surface area (Å²) in [4.78, 5) is 0. The van der Waals surface area contributed by atoms with Gasteiger partial charge in [-0.05, 0) is 31.9 Å². The molecule has 1 atom stereocenters. The van der Waals surface area contributed by atoms with Gasteiger partial charge in [-0.15, -0.1) is 0 Å². The Hall–Kier alpha value is -1.02. The highest BCUT2D eigenvalue weighted by molar-refractivity contribution is 5.48. The van der Waals surface area contributed by atoms with E-state index in [1.165, 1.54) is 35.3 Å². The molecule has 1 aromatic carbocycles. The van der Waals surface area contributed by atoms with Crippen molar-refractivity contribution >= 4 is 0 Å². The quantitative estimate of drug-likeness (QED) is 0.756. The van der Waals surface area contributed by atoms with E-state index < -0.39 is 0 Å². The van der Waals surface area contributed by atoms with Crippen LogP contribution in [0.3, 0.4) is 0 Å². The highest BCUT2D eigenvalue weighted by Gasteiger charge is 2.24. The topological polar surface area (TPSA) is 21.3 Å². The molecule has 1 saturated heterocycles. The van der Waals surface area contributed by atoms with Gasteiger partial charge in [-0.25, -0.2) is 0 Å². The summed E-state index contributed by atoms with van der Waals surface area (Å²) in [6.45, 7) is 4.18. The van der Waals surface area contributed by atoms with E-state index in [1.807, 2.05) is 0 Å². The third kappa shape index (κ3) is 1.53. The van der Waals surface area contributed by atoms with E-state index in [0.29, 0.717) is 6.04 Å². The lowest BCUT2D eigenvalue weighted by Gasteiger charge is -2.15. The zero-order chi connectivity index (χ0) is 10.3. The summed E-state index contributed by atoms with van der Waals surface area (Å²) in [6, 6.07) is 5.07. The second kappa shape index (κ2) is 3.53. The minimum Gasteiger partial charge on any atom is -0.493 e. The van der Waals surface area contributed by atoms with Gasteiger partial charge in [0.1, 0.15) is 5.75 Å². The summed E-state index contributed by atoms with van der Waals surface area (Å²) in [5, 5.41) is 3.55. The number of aryl methyl sites for hydroxylation is 1. The fourth-order valence-corrected chi connectivity index (χ4v) is 2.71. The predicted octanol–water partition coefficient (Wildman–Crippen LogP) is 2.35. The van der Waals surface area contributed by atoms with Crippen molar-refractivity contribution < 1.29 is 4.74 Å². The van der Waals surface area contributed by atoms with Crippen LogP contribution >= 0.6 is 0 Å². The van der Waals surface area contributed by atoms with Gasteiger partial charge in [0, 0.05) is 18.0 Å². The van der Waals surface area contributed by atoms with Gasteiger partial charge >= 0.3 is 0 Å². The third-order valence-electron chi connectivity index (χ3n) is 3.39. The number of nitrogens with one attached hydrogen (secondary N) is 1. The van der Waals surface area contributed by atoms with Gasteiger partial charge < -0.3 is 10.1 Å². The molecule has 1 N–H and O–H groups in total. The molecule has 0 spiro atoms. The SMILES string of the molecule is Cc1cc2c(c([C@@H]3CCCN3)c1)OCC2. The van der Waals surface area contributed by atoms with E-state index in [9.17, 15) is 0 Å². The van der Waals surface area contributed by atoms with Crippen molar-refractivity contribution in [3.63, 3.8) is 0 Å². The van der Waals surface area contributed by atoms with Crippen molar-refractivity contribution in [3.8, 4) is 5.75 Å². The van der Waals surface area contributed by atoms with Gasteiger partial charge in [-0.2, -0.15) is 0 Å². The van der Waals surface area contributed by atoms with E-state index >= 15 is 0 Å². The minimum absolute atomic E-state index is 0.525. The van der Waals surface area contributed by atoms with Crippen LogP contribution < -0.4 is 10.1 Å². The van der Waals surface area contributed by atoms with E-state index in [-0.39, 0.29) is 0 Å². The average Bonchev–Trinajstić information content (AvgIpc) is 2.86. The van der Waals surface area contributed by atoms with Crippen LogP contribution in [0.4, 0.5) is 0 Å². The predicted molar refractivity (Wildman–Crippen MR) is 60.4 cm³/mol. The van der Waals surface area contributed by atoms with Crippen molar-refractivity contribution in [1.29, 1.82) is 0 Å². The Balaban J connectivity index is 2.05. The van der Waals surface area contributed by atoms with Crippen LogP contribution in [-0.4, -0.2) is 13.2 Å². The van der Waals surface area contributed by atoms with Gasteiger partial charge in [0.25, 0.3) is 0 Å². The number of ether oxygens (including phenoxy) is 1. The standard InChI is InChI=1S/C13H17NO/c1-9-7-10-4-6-15-13(10)11(8-9)12-3-2-5-14-12/h7-8,12,14H,2-6H2,1H3/t12-/m0/s1. The first-order chi connectivity index (χ1) is 7.34. The molecule has 0 radical (unpaired) electrons. The second-order valence-electron chi connectivity index (χ2n) is 4.59. The molecular weight excluding hydrogens is 186 g/mol. The normalized spacial score (nSPS) is 23.9. The molecule has 80 valence electrons. The Morgan fingerprint density at radius 1 is 1.40 bits per heavy atom. The third-order valence-corrected chi connectivity index (χ3v) is 3.39. The number of benzene rings is 1. The summed E-state index contributed by atoms with van der Waals surface area (Å²) >= 11 is 0. The second-order valence-corrected chi connectivity index (χ2v) is 4.59. The lowest BCUT2D eigenvalue weighted by molar-refractivity contribution is 0.350. The Labute approximate surface area is 90.6 Å². The molecule has 15 heavy (non-hydrogen) atoms. The first-order valence-corrected chi connectivity index (χ1v) is 5.84. The maximum atomic E-state index is 5.76. The van der Waals surface area contributed by atoms with Crippen molar-refractivity contribution in [2.24, 2.45) is 0 Å². The monoisotopic (exact) mass is 203 g/mol. The van der Waals surface area contributed by atoms with Crippen molar-refractivity contribution in [2.75, 3.05) is 13.2 Å². The Morgan fingerprint density at radius 2 is 2.33 bits per heavy atom. The molecule has 2 heterocycles. The summed E-state index contributed by atoms with van der Waals surface area (Å²) in [6.07, 6.45) is 3.61.